The van der Waals surface area contributed by atoms with Gasteiger partial charge in [0.25, 0.3) is 0 Å². The molecule has 0 aliphatic rings. The van der Waals surface area contributed by atoms with Crippen molar-refractivity contribution in [3.05, 3.63) is 48.5 Å². The average Bonchev–Trinajstić information content (AvgIpc) is 3.16. The zero-order valence-corrected chi connectivity index (χ0v) is 15.3. The van der Waals surface area contributed by atoms with Crippen molar-refractivity contribution in [3.63, 3.8) is 0 Å². The molecule has 30 heavy (non-hydrogen) atoms. The Bertz CT molecular complexity index is 1240. The number of H-pyrrole nitrogens is 1. The molecule has 0 radical (unpaired) electrons. The molecule has 3 N–H and O–H groups in total. The maximum atomic E-state index is 13.0. The van der Waals surface area contributed by atoms with Crippen LogP contribution in [0.2, 0.25) is 0 Å². The lowest BCUT2D eigenvalue weighted by Crippen LogP contribution is -2.09. The van der Waals surface area contributed by atoms with Crippen LogP contribution in [-0.4, -0.2) is 35.8 Å². The van der Waals surface area contributed by atoms with Gasteiger partial charge in [-0.3, -0.25) is 4.79 Å². The summed E-state index contributed by atoms with van der Waals surface area (Å²) in [6.45, 7) is 1.35. The number of carbonyl (C=O) groups is 1. The van der Waals surface area contributed by atoms with Gasteiger partial charge in [0.15, 0.2) is 22.8 Å². The van der Waals surface area contributed by atoms with Crippen LogP contribution in [-0.2, 0) is 11.0 Å². The molecule has 0 aliphatic carbocycles. The summed E-state index contributed by atoms with van der Waals surface area (Å²) >= 11 is 0. The van der Waals surface area contributed by atoms with Crippen molar-refractivity contribution in [2.45, 2.75) is 13.1 Å². The molecule has 12 heteroatoms. The van der Waals surface area contributed by atoms with Gasteiger partial charge in [-0.25, -0.2) is 24.9 Å². The van der Waals surface area contributed by atoms with Crippen LogP contribution in [0.3, 0.4) is 0 Å². The molecule has 1 amide bonds. The Morgan fingerprint density at radius 3 is 2.70 bits per heavy atom. The molecule has 9 nitrogen and oxygen atoms in total. The number of nitrogens with zero attached hydrogens (tertiary/aromatic N) is 5. The number of hydrogen-bond acceptors (Lipinski definition) is 7. The summed E-state index contributed by atoms with van der Waals surface area (Å²) in [5.74, 6) is 0.265. The molecule has 4 aromatic rings. The first-order chi connectivity index (χ1) is 14.3. The van der Waals surface area contributed by atoms with E-state index in [0.29, 0.717) is 22.7 Å². The SMILES string of the molecule is CC(=O)Nc1cc(Nc2nc(-c3cccc(C(F)(F)F)n3)nc3[nH]cnc23)ccn1. The number of anilines is 3. The average molecular weight is 414 g/mol. The quantitative estimate of drug-likeness (QED) is 0.467. The van der Waals surface area contributed by atoms with Crippen LogP contribution in [0.5, 0.6) is 0 Å². The lowest BCUT2D eigenvalue weighted by atomic mass is 10.2. The molecule has 0 bridgehead atoms. The van der Waals surface area contributed by atoms with E-state index < -0.39 is 11.9 Å². The van der Waals surface area contributed by atoms with Crippen LogP contribution in [0.25, 0.3) is 22.7 Å². The van der Waals surface area contributed by atoms with Gasteiger partial charge in [0.2, 0.25) is 5.91 Å². The van der Waals surface area contributed by atoms with Crippen LogP contribution in [0, 0.1) is 0 Å². The van der Waals surface area contributed by atoms with E-state index in [2.05, 4.69) is 40.5 Å². The standard InChI is InChI=1S/C18H13F3N8O/c1-9(30)25-13-7-10(5-6-22-13)26-17-14-16(24-8-23-14)28-15(29-17)11-3-2-4-12(27-11)18(19,20)21/h2-8H,1H3,(H3,22,23,24,25,26,28,29,30). The van der Waals surface area contributed by atoms with Gasteiger partial charge in [-0.1, -0.05) is 6.07 Å². The number of aromatic amines is 1. The highest BCUT2D eigenvalue weighted by atomic mass is 19.4. The molecule has 0 aromatic carbocycles. The van der Waals surface area contributed by atoms with Gasteiger partial charge in [0.1, 0.15) is 17.2 Å². The normalized spacial score (nSPS) is 11.5. The maximum absolute atomic E-state index is 13.0. The Morgan fingerprint density at radius 1 is 1.10 bits per heavy atom. The minimum absolute atomic E-state index is 0.0171. The lowest BCUT2D eigenvalue weighted by molar-refractivity contribution is -0.141. The van der Waals surface area contributed by atoms with E-state index in [1.165, 1.54) is 31.6 Å². The fourth-order valence-corrected chi connectivity index (χ4v) is 2.65. The fraction of sp³-hybridized carbons (Fsp3) is 0.111. The number of halogens is 3. The predicted molar refractivity (Wildman–Crippen MR) is 102 cm³/mol. The third kappa shape index (κ3) is 4.01. The van der Waals surface area contributed by atoms with Gasteiger partial charge in [0.05, 0.1) is 6.33 Å². The third-order valence-electron chi connectivity index (χ3n) is 3.87. The summed E-state index contributed by atoms with van der Waals surface area (Å²) in [5.41, 5.74) is 0.135. The van der Waals surface area contributed by atoms with Crippen LogP contribution < -0.4 is 10.6 Å². The van der Waals surface area contributed by atoms with E-state index >= 15 is 0 Å². The topological polar surface area (TPSA) is 121 Å². The second-order valence-corrected chi connectivity index (χ2v) is 6.14. The first kappa shape index (κ1) is 19.2. The monoisotopic (exact) mass is 414 g/mol. The van der Waals surface area contributed by atoms with Crippen LogP contribution >= 0.6 is 0 Å². The van der Waals surface area contributed by atoms with E-state index in [9.17, 15) is 18.0 Å². The molecule has 4 rings (SSSR count). The minimum atomic E-state index is -4.59. The summed E-state index contributed by atoms with van der Waals surface area (Å²) < 4.78 is 39.0. The van der Waals surface area contributed by atoms with Crippen molar-refractivity contribution in [3.8, 4) is 11.5 Å². The number of hydrogen-bond donors (Lipinski definition) is 3. The van der Waals surface area contributed by atoms with Crippen molar-refractivity contribution in [2.75, 3.05) is 10.6 Å². The molecule has 0 fully saturated rings. The van der Waals surface area contributed by atoms with Crippen molar-refractivity contribution >= 4 is 34.4 Å². The zero-order valence-electron chi connectivity index (χ0n) is 15.3. The first-order valence-electron chi connectivity index (χ1n) is 8.56. The van der Waals surface area contributed by atoms with E-state index in [-0.39, 0.29) is 23.2 Å². The number of aromatic nitrogens is 6. The number of rotatable bonds is 4. The molecule has 152 valence electrons. The molecular weight excluding hydrogens is 401 g/mol. The minimum Gasteiger partial charge on any atom is -0.338 e. The molecule has 4 aromatic heterocycles. The molecule has 0 saturated carbocycles. The second-order valence-electron chi connectivity index (χ2n) is 6.14. The largest absolute Gasteiger partial charge is 0.433 e. The number of nitrogens with one attached hydrogen (secondary N) is 3. The Hall–Kier alpha value is -4.09. The van der Waals surface area contributed by atoms with Crippen LogP contribution in [0.15, 0.2) is 42.9 Å². The molecule has 0 aliphatic heterocycles. The predicted octanol–water partition coefficient (Wildman–Crippen LogP) is 3.53. The lowest BCUT2D eigenvalue weighted by Gasteiger charge is -2.10. The van der Waals surface area contributed by atoms with Crippen molar-refractivity contribution in [1.82, 2.24) is 29.9 Å². The van der Waals surface area contributed by atoms with Gasteiger partial charge in [0, 0.05) is 24.9 Å². The van der Waals surface area contributed by atoms with Crippen molar-refractivity contribution in [1.29, 1.82) is 0 Å². The zero-order chi connectivity index (χ0) is 21.3. The smallest absolute Gasteiger partial charge is 0.338 e. The van der Waals surface area contributed by atoms with Crippen molar-refractivity contribution < 1.29 is 18.0 Å². The molecule has 4 heterocycles. The number of alkyl halides is 3. The molecular formula is C18H13F3N8O. The first-order valence-corrected chi connectivity index (χ1v) is 8.56. The summed E-state index contributed by atoms with van der Waals surface area (Å²) in [6, 6.07) is 6.70. The molecule has 0 saturated heterocycles. The number of amides is 1. The number of carbonyl (C=O) groups excluding carboxylic acids is 1. The van der Waals surface area contributed by atoms with Crippen LogP contribution in [0.1, 0.15) is 12.6 Å². The van der Waals surface area contributed by atoms with E-state index in [1.807, 2.05) is 0 Å². The van der Waals surface area contributed by atoms with Gasteiger partial charge < -0.3 is 15.6 Å². The number of fused-ring (bicyclic) bond motifs is 1. The van der Waals surface area contributed by atoms with Gasteiger partial charge in [-0.15, -0.1) is 0 Å². The fourth-order valence-electron chi connectivity index (χ4n) is 2.65. The molecule has 0 spiro atoms. The Balaban J connectivity index is 1.75. The second kappa shape index (κ2) is 7.39. The number of pyridine rings is 2. The Morgan fingerprint density at radius 2 is 1.93 bits per heavy atom. The summed E-state index contributed by atoms with van der Waals surface area (Å²) in [4.78, 5) is 34.4. The summed E-state index contributed by atoms with van der Waals surface area (Å²) in [6.07, 6.45) is -1.72. The third-order valence-corrected chi connectivity index (χ3v) is 3.87. The molecule has 0 atom stereocenters. The van der Waals surface area contributed by atoms with E-state index in [0.717, 1.165) is 6.07 Å². The molecule has 0 unspecified atom stereocenters. The van der Waals surface area contributed by atoms with Gasteiger partial charge in [-0.05, 0) is 18.2 Å². The number of imidazole rings is 1. The summed E-state index contributed by atoms with van der Waals surface area (Å²) in [7, 11) is 0. The van der Waals surface area contributed by atoms with E-state index in [4.69, 9.17) is 0 Å². The maximum Gasteiger partial charge on any atom is 0.433 e. The highest BCUT2D eigenvalue weighted by Crippen LogP contribution is 2.30. The highest BCUT2D eigenvalue weighted by Gasteiger charge is 2.32. The Labute approximate surface area is 166 Å². The summed E-state index contributed by atoms with van der Waals surface area (Å²) in [5, 5.41) is 5.59. The highest BCUT2D eigenvalue weighted by molar-refractivity contribution is 5.89. The van der Waals surface area contributed by atoms with Crippen LogP contribution in [0.4, 0.5) is 30.5 Å². The van der Waals surface area contributed by atoms with Crippen molar-refractivity contribution in [2.24, 2.45) is 0 Å². The van der Waals surface area contributed by atoms with Gasteiger partial charge >= 0.3 is 6.18 Å². The van der Waals surface area contributed by atoms with Gasteiger partial charge in [-0.2, -0.15) is 13.2 Å². The Kier molecular flexibility index (Phi) is 4.74. The van der Waals surface area contributed by atoms with E-state index in [1.54, 1.807) is 12.1 Å².